The molecule has 0 amide bonds. The van der Waals surface area contributed by atoms with Crippen LogP contribution in [0.4, 0.5) is 0 Å². The van der Waals surface area contributed by atoms with E-state index in [1.54, 1.807) is 45.4 Å². The van der Waals surface area contributed by atoms with Crippen LogP contribution in [0.1, 0.15) is 46.9 Å². The average Bonchev–Trinajstić information content (AvgIpc) is 2.68. The number of aromatic hydroxyl groups is 2. The summed E-state index contributed by atoms with van der Waals surface area (Å²) in [5.74, 6) is -0.340. The third kappa shape index (κ3) is 4.59. The molecule has 2 atom stereocenters. The van der Waals surface area contributed by atoms with Crippen molar-refractivity contribution in [1.82, 2.24) is 0 Å². The van der Waals surface area contributed by atoms with Gasteiger partial charge in [0, 0.05) is 43.9 Å². The van der Waals surface area contributed by atoms with Gasteiger partial charge in [-0.15, -0.1) is 0 Å². The Labute approximate surface area is 159 Å². The number of ether oxygens (including phenoxy) is 3. The van der Waals surface area contributed by atoms with E-state index >= 15 is 0 Å². The van der Waals surface area contributed by atoms with Crippen molar-refractivity contribution in [3.05, 3.63) is 53.1 Å². The van der Waals surface area contributed by atoms with Crippen molar-refractivity contribution in [2.45, 2.75) is 25.4 Å². The number of phenols is 2. The number of carbonyl (C=O) groups is 1. The first kappa shape index (κ1) is 20.7. The number of phenolic OH excluding ortho intramolecular Hbond substituents is 2. The minimum Gasteiger partial charge on any atom is -0.508 e. The van der Waals surface area contributed by atoms with Crippen molar-refractivity contribution in [3.63, 3.8) is 0 Å². The number of methoxy groups -OCH3 is 3. The highest BCUT2D eigenvalue weighted by Gasteiger charge is 2.28. The van der Waals surface area contributed by atoms with Gasteiger partial charge in [-0.25, -0.2) is 0 Å². The monoisotopic (exact) mass is 374 g/mol. The van der Waals surface area contributed by atoms with Gasteiger partial charge in [0.2, 0.25) is 0 Å². The summed E-state index contributed by atoms with van der Waals surface area (Å²) in [7, 11) is 4.71. The van der Waals surface area contributed by atoms with Crippen LogP contribution in [0.25, 0.3) is 0 Å². The molecule has 6 nitrogen and oxygen atoms in total. The summed E-state index contributed by atoms with van der Waals surface area (Å²) < 4.78 is 16.3. The summed E-state index contributed by atoms with van der Waals surface area (Å²) >= 11 is 0. The van der Waals surface area contributed by atoms with E-state index in [0.717, 1.165) is 5.56 Å². The van der Waals surface area contributed by atoms with Gasteiger partial charge in [0.25, 0.3) is 0 Å². The lowest BCUT2D eigenvalue weighted by molar-refractivity contribution is 0.0642. The van der Waals surface area contributed by atoms with E-state index in [2.05, 4.69) is 0 Å². The third-order valence-corrected chi connectivity index (χ3v) is 4.60. The predicted octanol–water partition coefficient (Wildman–Crippen LogP) is 3.82. The number of carbonyl (C=O) groups excluding carboxylic acids is 1. The van der Waals surface area contributed by atoms with E-state index in [-0.39, 0.29) is 23.4 Å². The molecular formula is C21H26O6. The zero-order valence-corrected chi connectivity index (χ0v) is 16.1. The fourth-order valence-electron chi connectivity index (χ4n) is 3.14. The van der Waals surface area contributed by atoms with E-state index in [0.29, 0.717) is 29.9 Å². The molecule has 0 aromatic heterocycles. The quantitative estimate of drug-likeness (QED) is 0.649. The van der Waals surface area contributed by atoms with Gasteiger partial charge in [-0.3, -0.25) is 4.79 Å². The topological polar surface area (TPSA) is 85.2 Å². The third-order valence-electron chi connectivity index (χ3n) is 4.60. The van der Waals surface area contributed by atoms with Gasteiger partial charge >= 0.3 is 0 Å². The maximum atomic E-state index is 12.9. The molecule has 0 spiro atoms. The molecule has 0 fully saturated rings. The summed E-state index contributed by atoms with van der Waals surface area (Å²) in [4.78, 5) is 12.9. The molecule has 0 radical (unpaired) electrons. The van der Waals surface area contributed by atoms with Crippen molar-refractivity contribution in [2.24, 2.45) is 0 Å². The first-order valence-electron chi connectivity index (χ1n) is 8.69. The molecule has 2 N–H and O–H groups in total. The van der Waals surface area contributed by atoms with Gasteiger partial charge in [-0.05, 0) is 36.4 Å². The lowest BCUT2D eigenvalue weighted by Gasteiger charge is -2.23. The molecule has 2 aromatic carbocycles. The fourth-order valence-corrected chi connectivity index (χ4v) is 3.14. The number of hydrogen-bond acceptors (Lipinski definition) is 6. The Morgan fingerprint density at radius 2 is 1.70 bits per heavy atom. The van der Waals surface area contributed by atoms with Crippen molar-refractivity contribution in [1.29, 1.82) is 0 Å². The largest absolute Gasteiger partial charge is 0.508 e. The lowest BCUT2D eigenvalue weighted by atomic mass is 9.88. The lowest BCUT2D eigenvalue weighted by Crippen LogP contribution is -2.14. The van der Waals surface area contributed by atoms with E-state index in [4.69, 9.17) is 14.2 Å². The molecule has 0 saturated carbocycles. The number of rotatable bonds is 9. The van der Waals surface area contributed by atoms with Gasteiger partial charge in [0.15, 0.2) is 5.78 Å². The summed E-state index contributed by atoms with van der Waals surface area (Å²) in [6.07, 6.45) is 0.309. The van der Waals surface area contributed by atoms with Crippen LogP contribution in [0.3, 0.4) is 0 Å². The predicted molar refractivity (Wildman–Crippen MR) is 102 cm³/mol. The van der Waals surface area contributed by atoms with E-state index in [1.807, 2.05) is 0 Å². The van der Waals surface area contributed by atoms with E-state index < -0.39 is 5.92 Å². The number of benzene rings is 2. The number of Topliss-reactive ketones (excluding diaryl/α,β-unsaturated/α-hetero) is 1. The van der Waals surface area contributed by atoms with Gasteiger partial charge < -0.3 is 24.4 Å². The maximum absolute atomic E-state index is 12.9. The molecule has 2 aromatic rings. The molecule has 0 saturated heterocycles. The van der Waals surface area contributed by atoms with Crippen LogP contribution in [0.5, 0.6) is 17.2 Å². The molecule has 0 aliphatic heterocycles. The van der Waals surface area contributed by atoms with Crippen LogP contribution < -0.4 is 4.74 Å². The molecule has 0 aliphatic carbocycles. The molecule has 27 heavy (non-hydrogen) atoms. The molecule has 0 heterocycles. The first-order chi connectivity index (χ1) is 12.9. The minimum absolute atomic E-state index is 0.0168. The van der Waals surface area contributed by atoms with Crippen LogP contribution in [0, 0.1) is 0 Å². The second-order valence-electron chi connectivity index (χ2n) is 6.26. The second kappa shape index (κ2) is 9.39. The highest BCUT2D eigenvalue weighted by atomic mass is 16.5. The van der Waals surface area contributed by atoms with Crippen molar-refractivity contribution in [3.8, 4) is 17.2 Å². The smallest absolute Gasteiger partial charge is 0.170 e. The van der Waals surface area contributed by atoms with Gasteiger partial charge in [-0.2, -0.15) is 0 Å². The summed E-state index contributed by atoms with van der Waals surface area (Å²) in [5, 5.41) is 19.9. The first-order valence-corrected chi connectivity index (χ1v) is 8.69. The Morgan fingerprint density at radius 1 is 1.04 bits per heavy atom. The van der Waals surface area contributed by atoms with Crippen molar-refractivity contribution in [2.75, 3.05) is 27.9 Å². The number of hydrogen-bond donors (Lipinski definition) is 2. The van der Waals surface area contributed by atoms with Crippen LogP contribution in [0.2, 0.25) is 0 Å². The molecule has 6 heteroatoms. The summed E-state index contributed by atoms with van der Waals surface area (Å²) in [6.45, 7) is 2.22. The van der Waals surface area contributed by atoms with Crippen LogP contribution >= 0.6 is 0 Å². The van der Waals surface area contributed by atoms with E-state index in [9.17, 15) is 15.0 Å². The number of ketones is 1. The van der Waals surface area contributed by atoms with Crippen molar-refractivity contribution >= 4 is 5.78 Å². The fraction of sp³-hybridized carbons (Fsp3) is 0.381. The summed E-state index contributed by atoms with van der Waals surface area (Å²) in [5.41, 5.74) is 1.59. The molecule has 146 valence electrons. The average molecular weight is 374 g/mol. The van der Waals surface area contributed by atoms with Crippen LogP contribution in [-0.4, -0.2) is 43.9 Å². The van der Waals surface area contributed by atoms with Gasteiger partial charge in [0.05, 0.1) is 19.1 Å². The molecule has 0 aliphatic rings. The normalized spacial score (nSPS) is 13.2. The van der Waals surface area contributed by atoms with Crippen molar-refractivity contribution < 1.29 is 29.2 Å². The van der Waals surface area contributed by atoms with Gasteiger partial charge in [0.1, 0.15) is 17.2 Å². The molecule has 2 unspecified atom stereocenters. The highest BCUT2D eigenvalue weighted by molar-refractivity contribution is 6.01. The Bertz CT molecular complexity index is 769. The Hall–Kier alpha value is -2.57. The molecule has 0 bridgehead atoms. The summed E-state index contributed by atoms with van der Waals surface area (Å²) in [6, 6.07) is 9.31. The Morgan fingerprint density at radius 3 is 2.26 bits per heavy atom. The van der Waals surface area contributed by atoms with Crippen LogP contribution in [0.15, 0.2) is 36.4 Å². The highest BCUT2D eigenvalue weighted by Crippen LogP contribution is 2.42. The van der Waals surface area contributed by atoms with E-state index in [1.165, 1.54) is 19.2 Å². The van der Waals surface area contributed by atoms with Gasteiger partial charge in [-0.1, -0.05) is 6.92 Å². The molecular weight excluding hydrogens is 348 g/mol. The maximum Gasteiger partial charge on any atom is 0.170 e. The second-order valence-corrected chi connectivity index (χ2v) is 6.26. The van der Waals surface area contributed by atoms with Crippen LogP contribution in [-0.2, 0) is 9.47 Å². The Balaban J connectivity index is 2.46. The molecule has 2 rings (SSSR count). The SMILES string of the molecule is COCCC(OC)c1ccc(O)c(C(C)C(=O)c2ccc(O)cc2)c1OC. The zero-order chi connectivity index (χ0) is 20.0. The standard InChI is InChI=1S/C21H26O6/c1-13(20(24)14-5-7-15(22)8-6-14)19-17(23)10-9-16(21(19)27-4)18(26-3)11-12-25-2/h5-10,13,18,22-23H,11-12H2,1-4H3. The zero-order valence-electron chi connectivity index (χ0n) is 16.1. The Kier molecular flexibility index (Phi) is 7.21. The minimum atomic E-state index is -0.649.